The number of allylic oxidation sites excluding steroid dienone is 1. The third kappa shape index (κ3) is 9.28. The highest BCUT2D eigenvalue weighted by Crippen LogP contribution is 2.34. The van der Waals surface area contributed by atoms with E-state index in [2.05, 4.69) is 37.0 Å². The van der Waals surface area contributed by atoms with E-state index in [0.717, 1.165) is 64.1 Å². The molecule has 6 rings (SSSR count). The lowest BCUT2D eigenvalue weighted by Gasteiger charge is -2.27. The molecule has 280 valence electrons. The number of aliphatic hydroxyl groups excluding tert-OH is 3. The number of carbonyl (C=O) groups is 1. The van der Waals surface area contributed by atoms with Gasteiger partial charge in [-0.05, 0) is 65.6 Å². The molecule has 4 heterocycles. The molecule has 0 aromatic heterocycles. The van der Waals surface area contributed by atoms with Crippen LogP contribution in [0.1, 0.15) is 106 Å². The summed E-state index contributed by atoms with van der Waals surface area (Å²) in [6.07, 6.45) is 9.87. The summed E-state index contributed by atoms with van der Waals surface area (Å²) in [5, 5.41) is 32.8. The first-order chi connectivity index (χ1) is 25.6. The minimum Gasteiger partial charge on any atom is -0.437 e. The second-order valence-electron chi connectivity index (χ2n) is 14.7. The molecular formula is C43H53N4O6+. The van der Waals surface area contributed by atoms with E-state index < -0.39 is 42.5 Å². The van der Waals surface area contributed by atoms with E-state index in [1.165, 1.54) is 0 Å². The van der Waals surface area contributed by atoms with Gasteiger partial charge in [0.15, 0.2) is 11.5 Å². The quantitative estimate of drug-likeness (QED) is 0.0978. The average Bonchev–Trinajstić information content (AvgIpc) is 3.74. The van der Waals surface area contributed by atoms with Gasteiger partial charge in [-0.15, -0.1) is 0 Å². The number of aryl methyl sites for hydroxylation is 1. The predicted octanol–water partition coefficient (Wildman–Crippen LogP) is 3.69. The zero-order valence-corrected chi connectivity index (χ0v) is 30.8. The van der Waals surface area contributed by atoms with Crippen LogP contribution in [-0.2, 0) is 17.6 Å². The van der Waals surface area contributed by atoms with Crippen LogP contribution >= 0.6 is 0 Å². The number of fused-ring (bicyclic) bond motifs is 5. The molecule has 10 nitrogen and oxygen atoms in total. The van der Waals surface area contributed by atoms with Gasteiger partial charge in [0.05, 0.1) is 23.9 Å². The highest BCUT2D eigenvalue weighted by atomic mass is 16.5. The van der Waals surface area contributed by atoms with Gasteiger partial charge in [-0.2, -0.15) is 0 Å². The summed E-state index contributed by atoms with van der Waals surface area (Å²) < 4.78 is 12.7. The molecule has 10 heteroatoms. The third-order valence-corrected chi connectivity index (χ3v) is 10.7. The molecule has 4 aliphatic rings. The Morgan fingerprint density at radius 1 is 1.06 bits per heavy atom. The van der Waals surface area contributed by atoms with Gasteiger partial charge in [-0.3, -0.25) is 14.7 Å². The Labute approximate surface area is 313 Å². The molecule has 2 bridgehead atoms. The Bertz CT molecular complexity index is 1880. The van der Waals surface area contributed by atoms with Gasteiger partial charge >= 0.3 is 0 Å². The monoisotopic (exact) mass is 721 g/mol. The number of aliphatic hydroxyl groups is 3. The number of hydrogen-bond acceptors (Lipinski definition) is 9. The molecule has 0 fully saturated rings. The summed E-state index contributed by atoms with van der Waals surface area (Å²) >= 11 is 0. The fourth-order valence-corrected chi connectivity index (χ4v) is 7.72. The van der Waals surface area contributed by atoms with Crippen molar-refractivity contribution in [2.45, 2.75) is 115 Å². The molecule has 0 spiro atoms. The van der Waals surface area contributed by atoms with Crippen molar-refractivity contribution < 1.29 is 34.5 Å². The number of ether oxygens (including phenoxy) is 2. The van der Waals surface area contributed by atoms with E-state index in [4.69, 9.17) is 25.9 Å². The van der Waals surface area contributed by atoms with Crippen molar-refractivity contribution in [3.8, 4) is 35.4 Å². The maximum Gasteiger partial charge on any atom is 0.251 e. The van der Waals surface area contributed by atoms with Gasteiger partial charge in [0.1, 0.15) is 42.4 Å². The molecule has 7 unspecified atom stereocenters. The van der Waals surface area contributed by atoms with E-state index in [-0.39, 0.29) is 18.6 Å². The van der Waals surface area contributed by atoms with Crippen LogP contribution in [0.4, 0.5) is 0 Å². The SMILES string of the molecule is CCCCCC(C(=O)CCc1ccc2c(c1)OC1C(C#CC(O)c3ccc(C(N)N)cc3CC3=CN=C4C[NH+]1C=C34)CC#CO2)C(O)CC(O)CCC. The van der Waals surface area contributed by atoms with Crippen molar-refractivity contribution in [2.75, 3.05) is 6.54 Å². The molecule has 0 aliphatic carbocycles. The average molecular weight is 722 g/mol. The lowest BCUT2D eigenvalue weighted by molar-refractivity contribution is -0.886. The van der Waals surface area contributed by atoms with Gasteiger partial charge < -0.3 is 36.3 Å². The van der Waals surface area contributed by atoms with Crippen LogP contribution in [0.15, 0.2) is 64.9 Å². The summed E-state index contributed by atoms with van der Waals surface area (Å²) in [5.41, 5.74) is 18.3. The Morgan fingerprint density at radius 3 is 2.70 bits per heavy atom. The van der Waals surface area contributed by atoms with Crippen LogP contribution in [0, 0.1) is 35.7 Å². The molecule has 8 N–H and O–H groups in total. The van der Waals surface area contributed by atoms with E-state index in [9.17, 15) is 20.1 Å². The minimum atomic E-state index is -1.06. The number of ketones is 1. The highest BCUT2D eigenvalue weighted by molar-refractivity contribution is 6.08. The lowest BCUT2D eigenvalue weighted by atomic mass is 9.85. The summed E-state index contributed by atoms with van der Waals surface area (Å²) in [6.45, 7) is 4.70. The largest absolute Gasteiger partial charge is 0.437 e. The van der Waals surface area contributed by atoms with Gasteiger partial charge in [0.25, 0.3) is 6.23 Å². The topological polar surface area (TPSA) is 165 Å². The molecule has 2 aromatic rings. The summed E-state index contributed by atoms with van der Waals surface area (Å²) in [7, 11) is 0. The second kappa shape index (κ2) is 17.7. The van der Waals surface area contributed by atoms with E-state index in [1.807, 2.05) is 49.5 Å². The number of aliphatic imine (C=N–C) groups is 1. The first-order valence-corrected chi connectivity index (χ1v) is 19.1. The number of nitrogens with two attached hydrogens (primary N) is 2. The molecule has 7 atom stereocenters. The number of unbranched alkanes of at least 4 members (excludes halogenated alkanes) is 2. The standard InChI is InChI=1S/C43H52N4O6/c1-3-5-6-10-34(39(51)23-32(48)8-4-2)38(50)16-11-27-12-18-40-41(20-27)53-43-28(9-7-19-52-40)14-17-37(49)33-15-13-29(42(44)45)21-30(33)22-31-24-46-36-26-47(43)25-35(31)36/h12-13,15,18,20-21,24-25,28,32,34,37,39,42-43,48-49,51H,3-6,8-11,16,22-23,26,44-45H2,1-2H3/p+1. The number of benzene rings is 2. The van der Waals surface area contributed by atoms with Crippen LogP contribution < -0.4 is 25.8 Å². The maximum atomic E-state index is 13.6. The zero-order valence-electron chi connectivity index (χ0n) is 30.8. The van der Waals surface area contributed by atoms with Gasteiger partial charge in [0.2, 0.25) is 0 Å². The summed E-state index contributed by atoms with van der Waals surface area (Å²) in [6, 6.07) is 11.3. The van der Waals surface area contributed by atoms with Crippen molar-refractivity contribution in [2.24, 2.45) is 28.3 Å². The minimum absolute atomic E-state index is 0.00470. The van der Waals surface area contributed by atoms with E-state index >= 15 is 0 Å². The van der Waals surface area contributed by atoms with Crippen LogP contribution in [0.25, 0.3) is 0 Å². The number of carbonyl (C=O) groups excluding carboxylic acids is 1. The van der Waals surface area contributed by atoms with Crippen LogP contribution in [0.3, 0.4) is 0 Å². The normalized spacial score (nSPS) is 23.0. The van der Waals surface area contributed by atoms with Crippen molar-refractivity contribution in [1.29, 1.82) is 0 Å². The van der Waals surface area contributed by atoms with Crippen molar-refractivity contribution in [3.05, 3.63) is 82.2 Å². The molecule has 0 saturated carbocycles. The highest BCUT2D eigenvalue weighted by Gasteiger charge is 2.40. The second-order valence-corrected chi connectivity index (χ2v) is 14.7. The molecule has 53 heavy (non-hydrogen) atoms. The Hall–Kier alpha value is -4.26. The number of rotatable bonds is 14. The Morgan fingerprint density at radius 2 is 1.91 bits per heavy atom. The number of nitrogens with zero attached hydrogens (tertiary/aromatic N) is 1. The molecule has 2 aromatic carbocycles. The van der Waals surface area contributed by atoms with E-state index in [1.54, 1.807) is 0 Å². The molecule has 0 radical (unpaired) electrons. The third-order valence-electron chi connectivity index (χ3n) is 10.7. The fraction of sp³-hybridized carbons (Fsp3) is 0.488. The summed E-state index contributed by atoms with van der Waals surface area (Å²) in [4.78, 5) is 19.4. The molecular weight excluding hydrogens is 668 g/mol. The van der Waals surface area contributed by atoms with Gasteiger partial charge in [-0.1, -0.05) is 81.6 Å². The first kappa shape index (κ1) is 38.5. The van der Waals surface area contributed by atoms with Crippen molar-refractivity contribution in [3.63, 3.8) is 0 Å². The van der Waals surface area contributed by atoms with Crippen molar-refractivity contribution in [1.82, 2.24) is 0 Å². The number of Topliss-reactive ketones (excluding diaryl/α,β-unsaturated/α-hetero) is 1. The lowest BCUT2D eigenvalue weighted by Crippen LogP contribution is -3.13. The van der Waals surface area contributed by atoms with Gasteiger partial charge in [0, 0.05) is 31.4 Å². The number of quaternary nitrogens is 1. The smallest absolute Gasteiger partial charge is 0.251 e. The summed E-state index contributed by atoms with van der Waals surface area (Å²) in [5.74, 6) is 9.59. The fourth-order valence-electron chi connectivity index (χ4n) is 7.72. The van der Waals surface area contributed by atoms with Crippen molar-refractivity contribution >= 4 is 11.5 Å². The maximum absolute atomic E-state index is 13.6. The Balaban J connectivity index is 1.26. The van der Waals surface area contributed by atoms with Crippen LogP contribution in [-0.4, -0.2) is 51.8 Å². The molecule has 0 amide bonds. The molecule has 0 saturated heterocycles. The number of hydrogen-bond donors (Lipinski definition) is 6. The molecule has 4 aliphatic heterocycles. The number of nitrogens with one attached hydrogen (secondary N) is 1. The Kier molecular flexibility index (Phi) is 12.9. The zero-order chi connectivity index (χ0) is 37.5. The first-order valence-electron chi connectivity index (χ1n) is 19.1. The van der Waals surface area contributed by atoms with Crippen LogP contribution in [0.2, 0.25) is 0 Å². The van der Waals surface area contributed by atoms with Gasteiger partial charge in [-0.25, -0.2) is 0 Å². The van der Waals surface area contributed by atoms with Crippen LogP contribution in [0.5, 0.6) is 11.5 Å². The van der Waals surface area contributed by atoms with E-state index in [0.29, 0.717) is 55.7 Å². The predicted molar refractivity (Wildman–Crippen MR) is 203 cm³/mol.